The van der Waals surface area contributed by atoms with Crippen molar-refractivity contribution < 1.29 is 9.90 Å². The number of Topliss-reactive ketones (excluding diaryl/α,β-unsaturated/α-hetero) is 1. The van der Waals surface area contributed by atoms with Crippen LogP contribution >= 0.6 is 0 Å². The Morgan fingerprint density at radius 2 is 2.13 bits per heavy atom. The zero-order valence-electron chi connectivity index (χ0n) is 13.9. The van der Waals surface area contributed by atoms with Gasteiger partial charge in [0.2, 0.25) is 0 Å². The zero-order chi connectivity index (χ0) is 15.7. The van der Waals surface area contributed by atoms with E-state index in [2.05, 4.69) is 17.1 Å². The molecule has 5 rings (SSSR count). The van der Waals surface area contributed by atoms with E-state index in [1.54, 1.807) is 0 Å². The molecular formula is C20H27NO2. The number of aliphatic hydroxyl groups is 1. The minimum absolute atomic E-state index is 0.173. The third kappa shape index (κ3) is 1.81. The van der Waals surface area contributed by atoms with Crippen LogP contribution in [0, 0.1) is 11.3 Å². The molecule has 124 valence electrons. The van der Waals surface area contributed by atoms with Crippen LogP contribution in [0.5, 0.6) is 0 Å². The Morgan fingerprint density at radius 3 is 2.96 bits per heavy atom. The summed E-state index contributed by atoms with van der Waals surface area (Å²) in [7, 11) is 0. The summed E-state index contributed by atoms with van der Waals surface area (Å²) in [5, 5.41) is 11.8. The number of nitrogens with zero attached hydrogens (tertiary/aromatic N) is 1. The number of hydrogen-bond donors (Lipinski definition) is 1. The fourth-order valence-corrected chi connectivity index (χ4v) is 6.03. The highest BCUT2D eigenvalue weighted by molar-refractivity contribution is 5.92. The molecule has 23 heavy (non-hydrogen) atoms. The molecule has 3 fully saturated rings. The smallest absolute Gasteiger partial charge is 0.146 e. The lowest BCUT2D eigenvalue weighted by atomic mass is 9.48. The minimum atomic E-state index is -0.823. The second-order valence-corrected chi connectivity index (χ2v) is 8.47. The van der Waals surface area contributed by atoms with Crippen LogP contribution in [-0.4, -0.2) is 40.5 Å². The van der Waals surface area contributed by atoms with Gasteiger partial charge in [0.15, 0.2) is 0 Å². The Bertz CT molecular complexity index is 617. The van der Waals surface area contributed by atoms with Crippen molar-refractivity contribution in [2.24, 2.45) is 11.3 Å². The number of rotatable bonds is 2. The second-order valence-electron chi connectivity index (χ2n) is 8.47. The molecule has 0 radical (unpaired) electrons. The Labute approximate surface area is 138 Å². The third-order valence-electron chi connectivity index (χ3n) is 7.31. The summed E-state index contributed by atoms with van der Waals surface area (Å²) >= 11 is 0. The summed E-state index contributed by atoms with van der Waals surface area (Å²) < 4.78 is 0. The molecule has 1 saturated heterocycles. The van der Waals surface area contributed by atoms with Gasteiger partial charge in [-0.05, 0) is 69.4 Å². The average Bonchev–Trinajstić information content (AvgIpc) is 3.34. The van der Waals surface area contributed by atoms with E-state index in [1.165, 1.54) is 24.0 Å². The second kappa shape index (κ2) is 4.80. The number of piperidine rings is 1. The summed E-state index contributed by atoms with van der Waals surface area (Å²) in [4.78, 5) is 15.7. The number of carbonyl (C=O) groups excluding carboxylic acids is 1. The molecule has 3 heteroatoms. The van der Waals surface area contributed by atoms with Crippen molar-refractivity contribution in [3.05, 3.63) is 23.3 Å². The first-order chi connectivity index (χ1) is 11.1. The summed E-state index contributed by atoms with van der Waals surface area (Å²) in [5.41, 5.74) is 1.28. The van der Waals surface area contributed by atoms with Gasteiger partial charge in [0.1, 0.15) is 5.78 Å². The lowest BCUT2D eigenvalue weighted by Crippen LogP contribution is -2.72. The lowest BCUT2D eigenvalue weighted by Gasteiger charge is -2.63. The predicted molar refractivity (Wildman–Crippen MR) is 89.0 cm³/mol. The maximum absolute atomic E-state index is 13.1. The highest BCUT2D eigenvalue weighted by atomic mass is 16.3. The number of allylic oxidation sites excluding steroid dienone is 2. The summed E-state index contributed by atoms with van der Waals surface area (Å²) in [5.74, 6) is 1.16. The standard InChI is InChI=1S/C20H27NO2/c22-18-6-3-9-20(23)17-12-15-4-1-2-5-16(15)19(18,20)10-11-21(17)13-14-7-8-14/h2,5,14,17,23H,1,3-4,6-13H2/t17-,19+,20-/m1/s1. The Morgan fingerprint density at radius 1 is 1.26 bits per heavy atom. The molecule has 2 bridgehead atoms. The molecule has 3 nitrogen and oxygen atoms in total. The van der Waals surface area contributed by atoms with Crippen molar-refractivity contribution >= 4 is 5.78 Å². The summed E-state index contributed by atoms with van der Waals surface area (Å²) in [6.07, 6.45) is 13.4. The Balaban J connectivity index is 1.64. The fourth-order valence-electron chi connectivity index (χ4n) is 6.03. The number of likely N-dealkylation sites (tertiary alicyclic amines) is 1. The van der Waals surface area contributed by atoms with E-state index in [0.29, 0.717) is 12.2 Å². The molecule has 1 heterocycles. The molecule has 0 aromatic heterocycles. The zero-order valence-corrected chi connectivity index (χ0v) is 13.9. The fraction of sp³-hybridized carbons (Fsp3) is 0.750. The van der Waals surface area contributed by atoms with Crippen LogP contribution in [0.25, 0.3) is 0 Å². The quantitative estimate of drug-likeness (QED) is 0.852. The van der Waals surface area contributed by atoms with Crippen LogP contribution in [0.3, 0.4) is 0 Å². The van der Waals surface area contributed by atoms with Crippen LogP contribution in [0.2, 0.25) is 0 Å². The molecule has 3 atom stereocenters. The van der Waals surface area contributed by atoms with Gasteiger partial charge in [-0.25, -0.2) is 0 Å². The number of hydrogen-bond acceptors (Lipinski definition) is 3. The molecule has 0 unspecified atom stereocenters. The first kappa shape index (κ1) is 14.4. The minimum Gasteiger partial charge on any atom is -0.387 e. The predicted octanol–water partition coefficient (Wildman–Crippen LogP) is 2.99. The molecule has 1 aliphatic heterocycles. The first-order valence-electron chi connectivity index (χ1n) is 9.54. The third-order valence-corrected chi connectivity index (χ3v) is 7.31. The lowest BCUT2D eigenvalue weighted by molar-refractivity contribution is -0.189. The Hall–Kier alpha value is -0.930. The average molecular weight is 313 g/mol. The van der Waals surface area contributed by atoms with Gasteiger partial charge in [0, 0.05) is 19.0 Å². The van der Waals surface area contributed by atoms with Crippen molar-refractivity contribution in [3.63, 3.8) is 0 Å². The van der Waals surface area contributed by atoms with Gasteiger partial charge >= 0.3 is 0 Å². The highest BCUT2D eigenvalue weighted by Gasteiger charge is 2.67. The Kier molecular flexibility index (Phi) is 3.01. The van der Waals surface area contributed by atoms with Crippen molar-refractivity contribution in [2.75, 3.05) is 13.1 Å². The molecule has 2 saturated carbocycles. The van der Waals surface area contributed by atoms with Crippen molar-refractivity contribution in [1.29, 1.82) is 0 Å². The molecular weight excluding hydrogens is 286 g/mol. The van der Waals surface area contributed by atoms with Gasteiger partial charge in [0.05, 0.1) is 11.0 Å². The van der Waals surface area contributed by atoms with Gasteiger partial charge in [-0.1, -0.05) is 17.7 Å². The van der Waals surface area contributed by atoms with E-state index in [4.69, 9.17) is 0 Å². The van der Waals surface area contributed by atoms with Gasteiger partial charge < -0.3 is 5.11 Å². The monoisotopic (exact) mass is 313 g/mol. The van der Waals surface area contributed by atoms with E-state index in [-0.39, 0.29) is 6.04 Å². The van der Waals surface area contributed by atoms with E-state index >= 15 is 0 Å². The van der Waals surface area contributed by atoms with Crippen molar-refractivity contribution in [2.45, 2.75) is 69.4 Å². The topological polar surface area (TPSA) is 40.5 Å². The largest absolute Gasteiger partial charge is 0.387 e. The normalized spacial score (nSPS) is 43.3. The number of carbonyl (C=O) groups is 1. The molecule has 4 aliphatic carbocycles. The molecule has 0 spiro atoms. The van der Waals surface area contributed by atoms with Crippen LogP contribution in [0.4, 0.5) is 0 Å². The van der Waals surface area contributed by atoms with Gasteiger partial charge in [-0.3, -0.25) is 9.69 Å². The van der Waals surface area contributed by atoms with Crippen LogP contribution in [0.15, 0.2) is 23.3 Å². The molecule has 0 aromatic carbocycles. The summed E-state index contributed by atoms with van der Waals surface area (Å²) in [6, 6.07) is 0.173. The van der Waals surface area contributed by atoms with Crippen molar-refractivity contribution in [3.8, 4) is 0 Å². The molecule has 0 aromatic rings. The SMILES string of the molecule is O=C1CCC[C@@]2(O)[C@H]3CC4=C(C=CCC4)[C@@]12CCN3CC1CC1. The van der Waals surface area contributed by atoms with E-state index in [9.17, 15) is 9.90 Å². The van der Waals surface area contributed by atoms with Gasteiger partial charge in [0.25, 0.3) is 0 Å². The first-order valence-corrected chi connectivity index (χ1v) is 9.54. The maximum Gasteiger partial charge on any atom is 0.146 e. The maximum atomic E-state index is 13.1. The van der Waals surface area contributed by atoms with Crippen LogP contribution < -0.4 is 0 Å². The van der Waals surface area contributed by atoms with E-state index < -0.39 is 11.0 Å². The van der Waals surface area contributed by atoms with Crippen LogP contribution in [0.1, 0.15) is 57.8 Å². The van der Waals surface area contributed by atoms with E-state index in [1.807, 2.05) is 0 Å². The van der Waals surface area contributed by atoms with Gasteiger partial charge in [-0.15, -0.1) is 0 Å². The van der Waals surface area contributed by atoms with E-state index in [0.717, 1.165) is 57.5 Å². The summed E-state index contributed by atoms with van der Waals surface area (Å²) in [6.45, 7) is 2.12. The molecule has 1 N–H and O–H groups in total. The van der Waals surface area contributed by atoms with Crippen molar-refractivity contribution in [1.82, 2.24) is 4.90 Å². The molecule has 0 amide bonds. The molecule has 5 aliphatic rings. The van der Waals surface area contributed by atoms with Crippen LogP contribution in [-0.2, 0) is 4.79 Å². The highest BCUT2D eigenvalue weighted by Crippen LogP contribution is 2.61. The number of ketones is 1. The van der Waals surface area contributed by atoms with Gasteiger partial charge in [-0.2, -0.15) is 0 Å².